The van der Waals surface area contributed by atoms with E-state index in [1.165, 1.54) is 0 Å². The second-order valence-electron chi connectivity index (χ2n) is 5.69. The summed E-state index contributed by atoms with van der Waals surface area (Å²) in [5.74, 6) is 0.326. The molecule has 0 radical (unpaired) electrons. The number of ether oxygens (including phenoxy) is 3. The van der Waals surface area contributed by atoms with Crippen molar-refractivity contribution in [1.29, 1.82) is 0 Å². The molecule has 0 saturated carbocycles. The van der Waals surface area contributed by atoms with Crippen molar-refractivity contribution < 1.29 is 19.0 Å². The van der Waals surface area contributed by atoms with Crippen molar-refractivity contribution in [2.45, 2.75) is 38.4 Å². The number of benzene rings is 1. The molecule has 5 nitrogen and oxygen atoms in total. The summed E-state index contributed by atoms with van der Waals surface area (Å²) in [5.41, 5.74) is 0. The molecule has 1 aliphatic rings. The molecule has 1 heterocycles. The van der Waals surface area contributed by atoms with Gasteiger partial charge in [-0.25, -0.2) is 0 Å². The zero-order chi connectivity index (χ0) is 17.4. The Morgan fingerprint density at radius 2 is 2.25 bits per heavy atom. The number of carbonyl (C=O) groups is 1. The lowest BCUT2D eigenvalue weighted by atomic mass is 10.2. The third kappa shape index (κ3) is 6.48. The van der Waals surface area contributed by atoms with Crippen LogP contribution in [-0.2, 0) is 14.3 Å². The number of hydrogen-bond donors (Lipinski definition) is 1. The van der Waals surface area contributed by atoms with Gasteiger partial charge >= 0.3 is 0 Å². The first-order valence-electron chi connectivity index (χ1n) is 8.15. The quantitative estimate of drug-likeness (QED) is 0.671. The Hall–Kier alpha value is -1.01. The van der Waals surface area contributed by atoms with E-state index in [1.807, 2.05) is 0 Å². The lowest BCUT2D eigenvalue weighted by Crippen LogP contribution is -2.37. The molecule has 7 heteroatoms. The monoisotopic (exact) mass is 375 g/mol. The molecule has 0 aromatic heterocycles. The third-order valence-corrected chi connectivity index (χ3v) is 4.40. The van der Waals surface area contributed by atoms with Gasteiger partial charge < -0.3 is 19.5 Å². The first-order chi connectivity index (χ1) is 11.6. The topological polar surface area (TPSA) is 56.8 Å². The van der Waals surface area contributed by atoms with Crippen molar-refractivity contribution >= 4 is 29.1 Å². The van der Waals surface area contributed by atoms with Crippen molar-refractivity contribution in [1.82, 2.24) is 5.32 Å². The molecule has 134 valence electrons. The maximum atomic E-state index is 12.0. The predicted molar refractivity (Wildman–Crippen MR) is 94.0 cm³/mol. The molecule has 1 aliphatic heterocycles. The maximum absolute atomic E-state index is 12.0. The Bertz CT molecular complexity index is 535. The second kappa shape index (κ2) is 10.1. The molecule has 2 atom stereocenters. The van der Waals surface area contributed by atoms with Gasteiger partial charge in [-0.1, -0.05) is 23.2 Å². The highest BCUT2D eigenvalue weighted by Crippen LogP contribution is 2.26. The summed E-state index contributed by atoms with van der Waals surface area (Å²) in [6.07, 6.45) is 2.55. The highest BCUT2D eigenvalue weighted by atomic mass is 35.5. The molecule has 0 spiro atoms. The van der Waals surface area contributed by atoms with Crippen LogP contribution in [0.5, 0.6) is 5.75 Å². The van der Waals surface area contributed by atoms with E-state index in [-0.39, 0.29) is 12.0 Å². The Balaban J connectivity index is 1.58. The van der Waals surface area contributed by atoms with Gasteiger partial charge in [0.25, 0.3) is 5.91 Å². The minimum atomic E-state index is -0.616. The molecule has 0 aliphatic carbocycles. The van der Waals surface area contributed by atoms with E-state index in [4.69, 9.17) is 37.4 Å². The van der Waals surface area contributed by atoms with Crippen LogP contribution in [0.25, 0.3) is 0 Å². The molecule has 1 fully saturated rings. The van der Waals surface area contributed by atoms with Gasteiger partial charge in [-0.15, -0.1) is 0 Å². The average molecular weight is 376 g/mol. The second-order valence-corrected chi connectivity index (χ2v) is 6.50. The summed E-state index contributed by atoms with van der Waals surface area (Å²) in [7, 11) is 0. The van der Waals surface area contributed by atoms with E-state index < -0.39 is 6.10 Å². The zero-order valence-electron chi connectivity index (χ0n) is 13.7. The van der Waals surface area contributed by atoms with Crippen molar-refractivity contribution in [3.8, 4) is 5.75 Å². The van der Waals surface area contributed by atoms with E-state index in [0.717, 1.165) is 25.9 Å². The van der Waals surface area contributed by atoms with Gasteiger partial charge in [-0.05, 0) is 38.3 Å². The predicted octanol–water partition coefficient (Wildman–Crippen LogP) is 3.46. The lowest BCUT2D eigenvalue weighted by Gasteiger charge is -2.15. The highest BCUT2D eigenvalue weighted by Gasteiger charge is 2.16. The lowest BCUT2D eigenvalue weighted by molar-refractivity contribution is -0.127. The fourth-order valence-electron chi connectivity index (χ4n) is 2.33. The molecule has 2 unspecified atom stereocenters. The number of halogens is 2. The van der Waals surface area contributed by atoms with Gasteiger partial charge in [-0.3, -0.25) is 4.79 Å². The third-order valence-electron chi connectivity index (χ3n) is 3.67. The van der Waals surface area contributed by atoms with Gasteiger partial charge in [-0.2, -0.15) is 0 Å². The van der Waals surface area contributed by atoms with Crippen LogP contribution < -0.4 is 10.1 Å². The molecule has 0 bridgehead atoms. The summed E-state index contributed by atoms with van der Waals surface area (Å²) in [6.45, 7) is 4.29. The number of hydrogen-bond acceptors (Lipinski definition) is 4. The van der Waals surface area contributed by atoms with Crippen molar-refractivity contribution in [2.24, 2.45) is 0 Å². The van der Waals surface area contributed by atoms with Gasteiger partial charge in [0, 0.05) is 25.8 Å². The molecule has 1 aromatic carbocycles. The summed E-state index contributed by atoms with van der Waals surface area (Å²) in [5, 5.41) is 3.66. The van der Waals surface area contributed by atoms with Crippen LogP contribution in [0, 0.1) is 0 Å². The van der Waals surface area contributed by atoms with E-state index >= 15 is 0 Å². The molecule has 1 aromatic rings. The van der Waals surface area contributed by atoms with Gasteiger partial charge in [0.2, 0.25) is 0 Å². The molecular formula is C17H23Cl2NO4. The minimum Gasteiger partial charge on any atom is -0.481 e. The van der Waals surface area contributed by atoms with Crippen LogP contribution in [0.3, 0.4) is 0 Å². The van der Waals surface area contributed by atoms with E-state index in [1.54, 1.807) is 25.1 Å². The van der Waals surface area contributed by atoms with Crippen LogP contribution in [0.2, 0.25) is 10.0 Å². The van der Waals surface area contributed by atoms with Gasteiger partial charge in [0.15, 0.2) is 6.10 Å². The maximum Gasteiger partial charge on any atom is 0.260 e. The van der Waals surface area contributed by atoms with Crippen LogP contribution >= 0.6 is 23.2 Å². The van der Waals surface area contributed by atoms with Crippen molar-refractivity contribution in [3.63, 3.8) is 0 Å². The van der Waals surface area contributed by atoms with Crippen LogP contribution in [-0.4, -0.2) is 44.5 Å². The fourth-order valence-corrected chi connectivity index (χ4v) is 2.62. The average Bonchev–Trinajstić information content (AvgIpc) is 3.07. The van der Waals surface area contributed by atoms with Crippen LogP contribution in [0.15, 0.2) is 18.2 Å². The van der Waals surface area contributed by atoms with Crippen LogP contribution in [0.4, 0.5) is 0 Å². The van der Waals surface area contributed by atoms with E-state index in [0.29, 0.717) is 35.6 Å². The smallest absolute Gasteiger partial charge is 0.260 e. The largest absolute Gasteiger partial charge is 0.481 e. The first-order valence-corrected chi connectivity index (χ1v) is 8.90. The molecule has 24 heavy (non-hydrogen) atoms. The summed E-state index contributed by atoms with van der Waals surface area (Å²) < 4.78 is 16.6. The standard InChI is InChI=1S/C17H23Cl2NO4/c1-12(24-13-5-6-15(18)16(19)10-13)17(21)20-7-3-8-22-11-14-4-2-9-23-14/h5-6,10,12,14H,2-4,7-9,11H2,1H3,(H,20,21). The molecule has 2 rings (SSSR count). The van der Waals surface area contributed by atoms with Crippen molar-refractivity contribution in [3.05, 3.63) is 28.2 Å². The van der Waals surface area contributed by atoms with Gasteiger partial charge in [0.1, 0.15) is 5.75 Å². The normalized spacial score (nSPS) is 18.4. The van der Waals surface area contributed by atoms with E-state index in [9.17, 15) is 4.79 Å². The highest BCUT2D eigenvalue weighted by molar-refractivity contribution is 6.42. The first kappa shape index (κ1) is 19.3. The number of nitrogens with one attached hydrogen (secondary N) is 1. The summed E-state index contributed by atoms with van der Waals surface area (Å²) in [4.78, 5) is 12.0. The zero-order valence-corrected chi connectivity index (χ0v) is 15.2. The molecular weight excluding hydrogens is 353 g/mol. The van der Waals surface area contributed by atoms with Crippen molar-refractivity contribution in [2.75, 3.05) is 26.4 Å². The molecule has 1 N–H and O–H groups in total. The van der Waals surface area contributed by atoms with Crippen LogP contribution in [0.1, 0.15) is 26.2 Å². The number of carbonyl (C=O) groups excluding carboxylic acids is 1. The Labute approximate surface area is 152 Å². The SMILES string of the molecule is CC(Oc1ccc(Cl)c(Cl)c1)C(=O)NCCCOCC1CCCO1. The Morgan fingerprint density at radius 1 is 1.42 bits per heavy atom. The molecule has 1 amide bonds. The number of amides is 1. The Kier molecular flexibility index (Phi) is 8.12. The fraction of sp³-hybridized carbons (Fsp3) is 0.588. The van der Waals surface area contributed by atoms with E-state index in [2.05, 4.69) is 5.32 Å². The number of rotatable bonds is 9. The molecule has 1 saturated heterocycles. The summed E-state index contributed by atoms with van der Waals surface area (Å²) >= 11 is 11.8. The summed E-state index contributed by atoms with van der Waals surface area (Å²) in [6, 6.07) is 4.90. The Morgan fingerprint density at radius 3 is 2.96 bits per heavy atom. The minimum absolute atomic E-state index is 0.180. The van der Waals surface area contributed by atoms with Gasteiger partial charge in [0.05, 0.1) is 22.8 Å².